The average Bonchev–Trinajstić information content (AvgIpc) is 3.13. The third-order valence-corrected chi connectivity index (χ3v) is 5.50. The monoisotopic (exact) mass is 494 g/mol. The van der Waals surface area contributed by atoms with Crippen molar-refractivity contribution in [3.05, 3.63) is 85.8 Å². The number of hydrogen-bond acceptors (Lipinski definition) is 5. The normalized spacial score (nSPS) is 11.7. The van der Waals surface area contributed by atoms with Crippen molar-refractivity contribution in [3.8, 4) is 11.4 Å². The van der Waals surface area contributed by atoms with Gasteiger partial charge in [0.05, 0.1) is 40.7 Å². The zero-order chi connectivity index (χ0) is 24.8. The van der Waals surface area contributed by atoms with Crippen LogP contribution in [0, 0.1) is 0 Å². The van der Waals surface area contributed by atoms with Gasteiger partial charge in [-0.25, -0.2) is 9.59 Å². The summed E-state index contributed by atoms with van der Waals surface area (Å²) in [5.74, 6) is -0.721. The van der Waals surface area contributed by atoms with Crippen LogP contribution < -0.4 is 16.0 Å². The first-order chi connectivity index (χ1) is 16.0. The zero-order valence-corrected chi connectivity index (χ0v) is 18.0. The molecule has 0 fully saturated rings. The summed E-state index contributed by atoms with van der Waals surface area (Å²) < 4.78 is 47.3. The molecule has 0 saturated heterocycles. The molecule has 2 aromatic heterocycles. The molecule has 0 bridgehead atoms. The number of carboxylic acid groups (broad SMARTS) is 1. The molecule has 9 nitrogen and oxygen atoms in total. The minimum Gasteiger partial charge on any atom is -0.449 e. The Morgan fingerprint density at radius 1 is 1.21 bits per heavy atom. The number of benzene rings is 2. The SMILES string of the molecule is Cn1ncc2cc(-n3cc(OC(=O)O)c(=O)n(Cc4cccc(C(F)(F)F)c4Cl)c3=O)ccc21. The lowest BCUT2D eigenvalue weighted by atomic mass is 10.1. The summed E-state index contributed by atoms with van der Waals surface area (Å²) >= 11 is 5.92. The van der Waals surface area contributed by atoms with E-state index in [1.165, 1.54) is 18.3 Å². The Morgan fingerprint density at radius 3 is 2.62 bits per heavy atom. The molecule has 13 heteroatoms. The third-order valence-electron chi connectivity index (χ3n) is 5.06. The van der Waals surface area contributed by atoms with Crippen molar-refractivity contribution in [2.75, 3.05) is 0 Å². The van der Waals surface area contributed by atoms with Crippen LogP contribution >= 0.6 is 11.6 Å². The van der Waals surface area contributed by atoms with E-state index in [0.29, 0.717) is 9.95 Å². The Balaban J connectivity index is 1.91. The number of aromatic nitrogens is 4. The number of hydrogen-bond donors (Lipinski definition) is 1. The van der Waals surface area contributed by atoms with Gasteiger partial charge in [-0.2, -0.15) is 18.3 Å². The molecule has 0 saturated carbocycles. The fourth-order valence-electron chi connectivity index (χ4n) is 3.46. The first kappa shape index (κ1) is 23.1. The minimum atomic E-state index is -4.76. The molecule has 2 aromatic carbocycles. The van der Waals surface area contributed by atoms with Gasteiger partial charge in [0, 0.05) is 12.4 Å². The van der Waals surface area contributed by atoms with Gasteiger partial charge < -0.3 is 9.84 Å². The topological polar surface area (TPSA) is 108 Å². The van der Waals surface area contributed by atoms with E-state index in [1.807, 2.05) is 0 Å². The van der Waals surface area contributed by atoms with E-state index < -0.39 is 46.5 Å². The predicted octanol–water partition coefficient (Wildman–Crippen LogP) is 3.66. The molecule has 0 aliphatic rings. The van der Waals surface area contributed by atoms with Crippen LogP contribution in [0.5, 0.6) is 5.75 Å². The van der Waals surface area contributed by atoms with Gasteiger partial charge in [0.15, 0.2) is 0 Å². The summed E-state index contributed by atoms with van der Waals surface area (Å²) in [6.45, 7) is -0.660. The van der Waals surface area contributed by atoms with Crippen molar-refractivity contribution in [3.63, 3.8) is 0 Å². The number of halogens is 4. The highest BCUT2D eigenvalue weighted by Crippen LogP contribution is 2.36. The molecule has 0 unspecified atom stereocenters. The number of fused-ring (bicyclic) bond motifs is 1. The molecule has 0 atom stereocenters. The van der Waals surface area contributed by atoms with E-state index in [-0.39, 0.29) is 11.3 Å². The summed E-state index contributed by atoms with van der Waals surface area (Å²) in [6, 6.07) is 7.82. The molecule has 4 aromatic rings. The fraction of sp³-hybridized carbons (Fsp3) is 0.143. The second-order valence-electron chi connectivity index (χ2n) is 7.19. The summed E-state index contributed by atoms with van der Waals surface area (Å²) in [6.07, 6.45) is -4.13. The van der Waals surface area contributed by atoms with Crippen LogP contribution in [0.4, 0.5) is 18.0 Å². The van der Waals surface area contributed by atoms with Gasteiger partial charge in [-0.15, -0.1) is 0 Å². The smallest absolute Gasteiger partial charge is 0.449 e. The lowest BCUT2D eigenvalue weighted by Crippen LogP contribution is -2.40. The molecule has 0 radical (unpaired) electrons. The van der Waals surface area contributed by atoms with Crippen molar-refractivity contribution in [2.24, 2.45) is 7.05 Å². The van der Waals surface area contributed by atoms with Gasteiger partial charge in [-0.1, -0.05) is 23.7 Å². The van der Waals surface area contributed by atoms with Crippen molar-refractivity contribution in [2.45, 2.75) is 12.7 Å². The lowest BCUT2D eigenvalue weighted by molar-refractivity contribution is -0.137. The Labute approximate surface area is 192 Å². The molecule has 1 N–H and O–H groups in total. The molecular weight excluding hydrogens is 481 g/mol. The number of aryl methyl sites for hydroxylation is 1. The zero-order valence-electron chi connectivity index (χ0n) is 17.2. The quantitative estimate of drug-likeness (QED) is 0.434. The van der Waals surface area contributed by atoms with Gasteiger partial charge in [-0.05, 0) is 29.8 Å². The van der Waals surface area contributed by atoms with Crippen molar-refractivity contribution in [1.82, 2.24) is 18.9 Å². The van der Waals surface area contributed by atoms with Crippen molar-refractivity contribution < 1.29 is 27.8 Å². The van der Waals surface area contributed by atoms with Crippen LogP contribution in [-0.2, 0) is 19.8 Å². The van der Waals surface area contributed by atoms with E-state index in [1.54, 1.807) is 23.9 Å². The van der Waals surface area contributed by atoms with Gasteiger partial charge >= 0.3 is 18.0 Å². The molecule has 0 amide bonds. The second-order valence-corrected chi connectivity index (χ2v) is 7.57. The maximum absolute atomic E-state index is 13.2. The summed E-state index contributed by atoms with van der Waals surface area (Å²) in [5.41, 5.74) is -2.43. The molecule has 0 aliphatic carbocycles. The largest absolute Gasteiger partial charge is 0.511 e. The van der Waals surface area contributed by atoms with Crippen molar-refractivity contribution in [1.29, 1.82) is 0 Å². The molecule has 0 aliphatic heterocycles. The Morgan fingerprint density at radius 2 is 1.94 bits per heavy atom. The van der Waals surface area contributed by atoms with Crippen LogP contribution in [0.3, 0.4) is 0 Å². The van der Waals surface area contributed by atoms with Crippen LogP contribution in [0.1, 0.15) is 11.1 Å². The van der Waals surface area contributed by atoms with Gasteiger partial charge in [0.1, 0.15) is 0 Å². The van der Waals surface area contributed by atoms with Crippen LogP contribution in [-0.4, -0.2) is 30.2 Å². The van der Waals surface area contributed by atoms with E-state index in [4.69, 9.17) is 16.7 Å². The van der Waals surface area contributed by atoms with Gasteiger partial charge in [0.2, 0.25) is 5.75 Å². The highest BCUT2D eigenvalue weighted by atomic mass is 35.5. The van der Waals surface area contributed by atoms with Gasteiger partial charge in [0.25, 0.3) is 5.56 Å². The maximum Gasteiger partial charge on any atom is 0.511 e. The Bertz CT molecular complexity index is 1560. The average molecular weight is 495 g/mol. The number of ether oxygens (including phenoxy) is 1. The summed E-state index contributed by atoms with van der Waals surface area (Å²) in [7, 11) is 1.71. The number of rotatable bonds is 4. The highest BCUT2D eigenvalue weighted by Gasteiger charge is 2.34. The summed E-state index contributed by atoms with van der Waals surface area (Å²) in [5, 5.41) is 13.1. The number of carbonyl (C=O) groups is 1. The van der Waals surface area contributed by atoms with E-state index in [9.17, 15) is 27.6 Å². The van der Waals surface area contributed by atoms with Crippen LogP contribution in [0.2, 0.25) is 5.02 Å². The van der Waals surface area contributed by atoms with Crippen LogP contribution in [0.15, 0.2) is 58.4 Å². The standard InChI is InChI=1S/C21H14ClF3N4O5/c1-27-15-6-5-13(7-12(15)8-26-27)28-10-16(34-20(32)33)18(30)29(19(28)31)9-11-3-2-4-14(17(11)22)21(23,24)25/h2-8,10H,9H2,1H3,(H,32,33). The molecule has 0 spiro atoms. The first-order valence-electron chi connectivity index (χ1n) is 9.51. The minimum absolute atomic E-state index is 0.169. The Kier molecular flexibility index (Phi) is 5.69. The molecular formula is C21H14ClF3N4O5. The lowest BCUT2D eigenvalue weighted by Gasteiger charge is -2.15. The highest BCUT2D eigenvalue weighted by molar-refractivity contribution is 6.32. The molecule has 4 rings (SSSR count). The Hall–Kier alpha value is -4.06. The predicted molar refractivity (Wildman–Crippen MR) is 115 cm³/mol. The van der Waals surface area contributed by atoms with Crippen molar-refractivity contribution >= 4 is 28.7 Å². The van der Waals surface area contributed by atoms with Crippen LogP contribution in [0.25, 0.3) is 16.6 Å². The van der Waals surface area contributed by atoms with Gasteiger partial charge in [-0.3, -0.25) is 18.6 Å². The number of nitrogens with zero attached hydrogens (tertiary/aromatic N) is 4. The molecule has 2 heterocycles. The maximum atomic E-state index is 13.2. The molecule has 176 valence electrons. The fourth-order valence-corrected chi connectivity index (χ4v) is 3.75. The van der Waals surface area contributed by atoms with E-state index in [0.717, 1.165) is 28.4 Å². The molecule has 34 heavy (non-hydrogen) atoms. The summed E-state index contributed by atoms with van der Waals surface area (Å²) in [4.78, 5) is 37.1. The van der Waals surface area contributed by atoms with E-state index in [2.05, 4.69) is 9.84 Å². The van der Waals surface area contributed by atoms with E-state index >= 15 is 0 Å². The second kappa shape index (κ2) is 8.37. The number of alkyl halides is 3. The third kappa shape index (κ3) is 4.15. The first-order valence-corrected chi connectivity index (χ1v) is 9.89.